The van der Waals surface area contributed by atoms with Crippen molar-refractivity contribution in [3.05, 3.63) is 60.2 Å². The number of hydrogen-bond acceptors (Lipinski definition) is 3. The quantitative estimate of drug-likeness (QED) is 0.880. The van der Waals surface area contributed by atoms with E-state index in [0.29, 0.717) is 23.7 Å². The van der Waals surface area contributed by atoms with Crippen molar-refractivity contribution < 1.29 is 14.3 Å². The first-order valence-electron chi connectivity index (χ1n) is 7.78. The van der Waals surface area contributed by atoms with Gasteiger partial charge in [-0.1, -0.05) is 30.3 Å². The van der Waals surface area contributed by atoms with Gasteiger partial charge in [0.25, 0.3) is 5.91 Å². The predicted octanol–water partition coefficient (Wildman–Crippen LogP) is 3.08. The zero-order valence-corrected chi connectivity index (χ0v) is 13.4. The number of nitrogens with one attached hydrogen (secondary N) is 1. The van der Waals surface area contributed by atoms with E-state index in [-0.39, 0.29) is 18.4 Å². The Bertz CT molecular complexity index is 784. The summed E-state index contributed by atoms with van der Waals surface area (Å²) in [7, 11) is 0. The largest absolute Gasteiger partial charge is 0.482 e. The maximum atomic E-state index is 12.1. The number of carbonyl (C=O) groups excluding carboxylic acids is 2. The molecule has 0 spiro atoms. The summed E-state index contributed by atoms with van der Waals surface area (Å²) in [6, 6.07) is 14.9. The first-order valence-corrected chi connectivity index (χ1v) is 7.78. The smallest absolute Gasteiger partial charge is 0.265 e. The average molecular weight is 322 g/mol. The highest BCUT2D eigenvalue weighted by molar-refractivity contribution is 6.03. The number of fused-ring (bicyclic) bond motifs is 1. The Morgan fingerprint density at radius 3 is 2.79 bits per heavy atom. The summed E-state index contributed by atoms with van der Waals surface area (Å²) in [5.74, 6) is 0.330. The molecule has 0 atom stereocenters. The van der Waals surface area contributed by atoms with Crippen LogP contribution in [-0.2, 0) is 9.59 Å². The fourth-order valence-electron chi connectivity index (χ4n) is 2.55. The minimum atomic E-state index is -0.232. The van der Waals surface area contributed by atoms with Crippen LogP contribution in [0.5, 0.6) is 5.75 Å². The molecule has 0 aliphatic carbocycles. The Morgan fingerprint density at radius 1 is 1.25 bits per heavy atom. The van der Waals surface area contributed by atoms with Crippen molar-refractivity contribution in [1.29, 1.82) is 0 Å². The van der Waals surface area contributed by atoms with Crippen LogP contribution in [-0.4, -0.2) is 25.0 Å². The molecule has 0 unspecified atom stereocenters. The summed E-state index contributed by atoms with van der Waals surface area (Å²) in [5.41, 5.74) is 2.25. The number of benzene rings is 2. The SMILES string of the molecule is CCN1C(=O)COc2ccc(NC(=O)/C=C/c3ccccc3)cc21. The second-order valence-electron chi connectivity index (χ2n) is 5.34. The van der Waals surface area contributed by atoms with Gasteiger partial charge in [0, 0.05) is 18.3 Å². The van der Waals surface area contributed by atoms with Crippen LogP contribution in [0.15, 0.2) is 54.6 Å². The third-order valence-electron chi connectivity index (χ3n) is 3.71. The normalized spacial score (nSPS) is 13.5. The van der Waals surface area contributed by atoms with E-state index >= 15 is 0 Å². The first kappa shape index (κ1) is 15.8. The molecule has 2 aromatic rings. The fraction of sp³-hybridized carbons (Fsp3) is 0.158. The zero-order chi connectivity index (χ0) is 16.9. The monoisotopic (exact) mass is 322 g/mol. The Morgan fingerprint density at radius 2 is 2.04 bits per heavy atom. The van der Waals surface area contributed by atoms with Crippen LogP contribution in [0.25, 0.3) is 6.08 Å². The van der Waals surface area contributed by atoms with E-state index in [1.165, 1.54) is 6.08 Å². The lowest BCUT2D eigenvalue weighted by molar-refractivity contribution is -0.121. The molecule has 0 bridgehead atoms. The molecule has 122 valence electrons. The van der Waals surface area contributed by atoms with Gasteiger partial charge in [0.05, 0.1) is 5.69 Å². The average Bonchev–Trinajstić information content (AvgIpc) is 2.61. The van der Waals surface area contributed by atoms with E-state index in [4.69, 9.17) is 4.74 Å². The van der Waals surface area contributed by atoms with Crippen molar-refractivity contribution in [3.8, 4) is 5.75 Å². The van der Waals surface area contributed by atoms with E-state index in [9.17, 15) is 9.59 Å². The molecular formula is C19H18N2O3. The van der Waals surface area contributed by atoms with Gasteiger partial charge in [0.1, 0.15) is 5.75 Å². The van der Waals surface area contributed by atoms with Crippen LogP contribution in [0, 0.1) is 0 Å². The summed E-state index contributed by atoms with van der Waals surface area (Å²) in [6.45, 7) is 2.51. The molecule has 1 N–H and O–H groups in total. The van der Waals surface area contributed by atoms with Crippen molar-refractivity contribution in [1.82, 2.24) is 0 Å². The second kappa shape index (κ2) is 7.00. The molecule has 2 amide bonds. The maximum Gasteiger partial charge on any atom is 0.265 e. The molecule has 24 heavy (non-hydrogen) atoms. The minimum absolute atomic E-state index is 0.0480. The molecule has 5 heteroatoms. The van der Waals surface area contributed by atoms with Crippen LogP contribution < -0.4 is 15.0 Å². The van der Waals surface area contributed by atoms with Gasteiger partial charge in [-0.05, 0) is 36.8 Å². The van der Waals surface area contributed by atoms with Gasteiger partial charge < -0.3 is 15.0 Å². The van der Waals surface area contributed by atoms with Crippen molar-refractivity contribution >= 4 is 29.3 Å². The molecule has 1 aliphatic rings. The minimum Gasteiger partial charge on any atom is -0.482 e. The third kappa shape index (κ3) is 3.46. The molecule has 3 rings (SSSR count). The van der Waals surface area contributed by atoms with Crippen LogP contribution in [0.4, 0.5) is 11.4 Å². The Balaban J connectivity index is 1.74. The van der Waals surface area contributed by atoms with Crippen LogP contribution in [0.2, 0.25) is 0 Å². The van der Waals surface area contributed by atoms with Crippen LogP contribution in [0.3, 0.4) is 0 Å². The van der Waals surface area contributed by atoms with Gasteiger partial charge in [-0.2, -0.15) is 0 Å². The highest BCUT2D eigenvalue weighted by Gasteiger charge is 2.24. The van der Waals surface area contributed by atoms with Gasteiger partial charge in [-0.15, -0.1) is 0 Å². The van der Waals surface area contributed by atoms with E-state index in [1.54, 1.807) is 29.2 Å². The zero-order valence-electron chi connectivity index (χ0n) is 13.4. The molecule has 0 radical (unpaired) electrons. The summed E-state index contributed by atoms with van der Waals surface area (Å²) in [4.78, 5) is 25.6. The molecule has 5 nitrogen and oxygen atoms in total. The Labute approximate surface area is 140 Å². The van der Waals surface area contributed by atoms with Gasteiger partial charge in [-0.3, -0.25) is 9.59 Å². The standard InChI is InChI=1S/C19H18N2O3/c1-2-21-16-12-15(9-10-17(16)24-13-19(21)23)20-18(22)11-8-14-6-4-3-5-7-14/h3-12H,2,13H2,1H3,(H,20,22)/b11-8+. The number of carbonyl (C=O) groups is 2. The molecule has 0 aromatic heterocycles. The van der Waals surface area contributed by atoms with Crippen LogP contribution in [0.1, 0.15) is 12.5 Å². The molecular weight excluding hydrogens is 304 g/mol. The van der Waals surface area contributed by atoms with Gasteiger partial charge in [-0.25, -0.2) is 0 Å². The van der Waals surface area contributed by atoms with Gasteiger partial charge in [0.2, 0.25) is 5.91 Å². The summed E-state index contributed by atoms with van der Waals surface area (Å²) in [5, 5.41) is 2.80. The molecule has 0 fully saturated rings. The third-order valence-corrected chi connectivity index (χ3v) is 3.71. The lowest BCUT2D eigenvalue weighted by Crippen LogP contribution is -2.38. The molecule has 1 aliphatic heterocycles. The Kier molecular flexibility index (Phi) is 4.61. The van der Waals surface area contributed by atoms with Crippen molar-refractivity contribution in [3.63, 3.8) is 0 Å². The number of amides is 2. The molecule has 0 saturated heterocycles. The van der Waals surface area contributed by atoms with E-state index in [2.05, 4.69) is 5.32 Å². The summed E-state index contributed by atoms with van der Waals surface area (Å²) in [6.07, 6.45) is 3.23. The topological polar surface area (TPSA) is 58.6 Å². The van der Waals surface area contributed by atoms with Crippen LogP contribution >= 0.6 is 0 Å². The lowest BCUT2D eigenvalue weighted by atomic mass is 10.2. The second-order valence-corrected chi connectivity index (χ2v) is 5.34. The first-order chi connectivity index (χ1) is 11.7. The fourth-order valence-corrected chi connectivity index (χ4v) is 2.55. The van der Waals surface area contributed by atoms with E-state index < -0.39 is 0 Å². The molecule has 2 aromatic carbocycles. The van der Waals surface area contributed by atoms with Crippen molar-refractivity contribution in [2.45, 2.75) is 6.92 Å². The van der Waals surface area contributed by atoms with Crippen molar-refractivity contribution in [2.75, 3.05) is 23.4 Å². The number of hydrogen-bond donors (Lipinski definition) is 1. The summed E-state index contributed by atoms with van der Waals surface area (Å²) >= 11 is 0. The number of anilines is 2. The number of rotatable bonds is 4. The maximum absolute atomic E-state index is 12.1. The van der Waals surface area contributed by atoms with E-state index in [0.717, 1.165) is 5.56 Å². The van der Waals surface area contributed by atoms with Gasteiger partial charge >= 0.3 is 0 Å². The lowest BCUT2D eigenvalue weighted by Gasteiger charge is -2.28. The number of likely N-dealkylation sites (N-methyl/N-ethyl adjacent to an activating group) is 1. The molecule has 1 heterocycles. The van der Waals surface area contributed by atoms with Crippen molar-refractivity contribution in [2.24, 2.45) is 0 Å². The van der Waals surface area contributed by atoms with E-state index in [1.807, 2.05) is 37.3 Å². The number of nitrogens with zero attached hydrogens (tertiary/aromatic N) is 1. The number of ether oxygens (including phenoxy) is 1. The highest BCUT2D eigenvalue weighted by atomic mass is 16.5. The van der Waals surface area contributed by atoms with Gasteiger partial charge in [0.15, 0.2) is 6.61 Å². The highest BCUT2D eigenvalue weighted by Crippen LogP contribution is 2.34. The predicted molar refractivity (Wildman–Crippen MR) is 94.1 cm³/mol. The summed E-state index contributed by atoms with van der Waals surface area (Å²) < 4.78 is 5.42. The molecule has 0 saturated carbocycles. The Hall–Kier alpha value is -3.08.